The van der Waals surface area contributed by atoms with Crippen LogP contribution in [0.5, 0.6) is 0 Å². The van der Waals surface area contributed by atoms with Gasteiger partial charge in [-0.15, -0.1) is 0 Å². The van der Waals surface area contributed by atoms with E-state index in [2.05, 4.69) is 19.1 Å². The van der Waals surface area contributed by atoms with E-state index in [4.69, 9.17) is 9.84 Å². The van der Waals surface area contributed by atoms with E-state index in [1.165, 1.54) is 0 Å². The molecule has 0 fully saturated rings. The normalized spacial score (nSPS) is 27.6. The Morgan fingerprint density at radius 1 is 1.53 bits per heavy atom. The second-order valence-electron chi connectivity index (χ2n) is 4.42. The predicted octanol–water partition coefficient (Wildman–Crippen LogP) is 2.47. The summed E-state index contributed by atoms with van der Waals surface area (Å²) in [4.78, 5) is 10.4. The molecule has 0 aromatic heterocycles. The number of rotatable bonds is 5. The molecule has 2 unspecified atom stereocenters. The van der Waals surface area contributed by atoms with Crippen LogP contribution in [0.3, 0.4) is 0 Å². The fraction of sp³-hybridized carbons (Fsp3) is 0.750. The minimum Gasteiger partial charge on any atom is -0.481 e. The van der Waals surface area contributed by atoms with Crippen molar-refractivity contribution in [2.75, 3.05) is 6.61 Å². The van der Waals surface area contributed by atoms with Crippen LogP contribution in [0.25, 0.3) is 0 Å². The van der Waals surface area contributed by atoms with Crippen molar-refractivity contribution < 1.29 is 14.6 Å². The molecule has 3 nitrogen and oxygen atoms in total. The number of allylic oxidation sites excluding steroid dienone is 2. The molecule has 0 saturated heterocycles. The molecular formula is C12H20O3. The minimum absolute atomic E-state index is 0.0942. The van der Waals surface area contributed by atoms with Gasteiger partial charge < -0.3 is 9.84 Å². The van der Waals surface area contributed by atoms with Crippen molar-refractivity contribution in [3.8, 4) is 0 Å². The SMILES string of the molecule is CC1CC=CCC1CO[C@@H](C)CC(=O)O. The van der Waals surface area contributed by atoms with Gasteiger partial charge in [-0.3, -0.25) is 4.79 Å². The molecule has 3 heteroatoms. The Morgan fingerprint density at radius 3 is 2.80 bits per heavy atom. The number of aliphatic carboxylic acids is 1. The lowest BCUT2D eigenvalue weighted by molar-refractivity contribution is -0.140. The fourth-order valence-corrected chi connectivity index (χ4v) is 1.83. The molecule has 1 aliphatic rings. The molecule has 0 aromatic carbocycles. The van der Waals surface area contributed by atoms with Crippen LogP contribution in [0.1, 0.15) is 33.1 Å². The smallest absolute Gasteiger partial charge is 0.305 e. The van der Waals surface area contributed by atoms with E-state index in [0.717, 1.165) is 12.8 Å². The molecular weight excluding hydrogens is 192 g/mol. The van der Waals surface area contributed by atoms with Gasteiger partial charge in [0.25, 0.3) is 0 Å². The first-order valence-electron chi connectivity index (χ1n) is 5.58. The molecule has 1 aliphatic carbocycles. The summed E-state index contributed by atoms with van der Waals surface area (Å²) in [6, 6.07) is 0. The molecule has 0 bridgehead atoms. The van der Waals surface area contributed by atoms with E-state index < -0.39 is 5.97 Å². The van der Waals surface area contributed by atoms with Gasteiger partial charge in [-0.1, -0.05) is 19.1 Å². The number of ether oxygens (including phenoxy) is 1. The van der Waals surface area contributed by atoms with Gasteiger partial charge in [0.1, 0.15) is 0 Å². The molecule has 15 heavy (non-hydrogen) atoms. The lowest BCUT2D eigenvalue weighted by atomic mass is 9.85. The third kappa shape index (κ3) is 4.47. The summed E-state index contributed by atoms with van der Waals surface area (Å²) < 4.78 is 5.55. The van der Waals surface area contributed by atoms with Gasteiger partial charge in [0.05, 0.1) is 19.1 Å². The van der Waals surface area contributed by atoms with Gasteiger partial charge in [-0.25, -0.2) is 0 Å². The summed E-state index contributed by atoms with van der Waals surface area (Å²) in [6.45, 7) is 4.72. The zero-order valence-electron chi connectivity index (χ0n) is 9.48. The van der Waals surface area contributed by atoms with Crippen molar-refractivity contribution in [2.45, 2.75) is 39.2 Å². The lowest BCUT2D eigenvalue weighted by Crippen LogP contribution is -2.23. The Hall–Kier alpha value is -0.830. The second kappa shape index (κ2) is 5.91. The van der Waals surface area contributed by atoms with Crippen LogP contribution in [0.2, 0.25) is 0 Å². The number of carboxylic acid groups (broad SMARTS) is 1. The first-order valence-corrected chi connectivity index (χ1v) is 5.58. The van der Waals surface area contributed by atoms with Crippen LogP contribution in [-0.2, 0) is 9.53 Å². The number of hydrogen-bond acceptors (Lipinski definition) is 2. The van der Waals surface area contributed by atoms with Gasteiger partial charge in [-0.2, -0.15) is 0 Å². The third-order valence-corrected chi connectivity index (χ3v) is 2.98. The third-order valence-electron chi connectivity index (χ3n) is 2.98. The van der Waals surface area contributed by atoms with Crippen LogP contribution in [0.15, 0.2) is 12.2 Å². The maximum absolute atomic E-state index is 10.4. The van der Waals surface area contributed by atoms with Crippen LogP contribution in [0.4, 0.5) is 0 Å². The van der Waals surface area contributed by atoms with E-state index >= 15 is 0 Å². The molecule has 0 heterocycles. The van der Waals surface area contributed by atoms with Crippen LogP contribution in [0, 0.1) is 11.8 Å². The monoisotopic (exact) mass is 212 g/mol. The Morgan fingerprint density at radius 2 is 2.20 bits per heavy atom. The standard InChI is InChI=1S/C12H20O3/c1-9-5-3-4-6-11(9)8-15-10(2)7-12(13)14/h3-4,9-11H,5-8H2,1-2H3,(H,13,14)/t9?,10-,11?/m0/s1. The molecule has 0 aliphatic heterocycles. The lowest BCUT2D eigenvalue weighted by Gasteiger charge is -2.26. The summed E-state index contributed by atoms with van der Waals surface area (Å²) in [7, 11) is 0. The Kier molecular flexibility index (Phi) is 4.82. The molecule has 0 saturated carbocycles. The highest BCUT2D eigenvalue weighted by atomic mass is 16.5. The highest BCUT2D eigenvalue weighted by molar-refractivity contribution is 5.67. The molecule has 1 rings (SSSR count). The van der Waals surface area contributed by atoms with E-state index in [0.29, 0.717) is 18.4 Å². The topological polar surface area (TPSA) is 46.5 Å². The number of hydrogen-bond donors (Lipinski definition) is 1. The summed E-state index contributed by atoms with van der Waals surface area (Å²) >= 11 is 0. The van der Waals surface area contributed by atoms with E-state index in [1.54, 1.807) is 0 Å². The van der Waals surface area contributed by atoms with E-state index in [1.807, 2.05) is 6.92 Å². The van der Waals surface area contributed by atoms with Crippen molar-refractivity contribution in [2.24, 2.45) is 11.8 Å². The summed E-state index contributed by atoms with van der Waals surface area (Å²) in [5.41, 5.74) is 0. The Bertz CT molecular complexity index is 235. The molecule has 0 spiro atoms. The first kappa shape index (κ1) is 12.2. The average Bonchev–Trinajstić information content (AvgIpc) is 2.15. The number of carbonyl (C=O) groups is 1. The van der Waals surface area contributed by atoms with Crippen LogP contribution in [-0.4, -0.2) is 23.8 Å². The summed E-state index contributed by atoms with van der Waals surface area (Å²) in [5.74, 6) is 0.400. The van der Waals surface area contributed by atoms with Crippen LogP contribution >= 0.6 is 0 Å². The summed E-state index contributed by atoms with van der Waals surface area (Å²) in [5, 5.41) is 8.58. The molecule has 1 N–H and O–H groups in total. The van der Waals surface area contributed by atoms with Crippen LogP contribution < -0.4 is 0 Å². The Labute approximate surface area is 91.1 Å². The second-order valence-corrected chi connectivity index (χ2v) is 4.42. The molecule has 0 amide bonds. The van der Waals surface area contributed by atoms with Gasteiger partial charge in [0.2, 0.25) is 0 Å². The zero-order chi connectivity index (χ0) is 11.3. The van der Waals surface area contributed by atoms with Gasteiger partial charge >= 0.3 is 5.97 Å². The zero-order valence-corrected chi connectivity index (χ0v) is 9.48. The van der Waals surface area contributed by atoms with Crippen molar-refractivity contribution in [1.29, 1.82) is 0 Å². The predicted molar refractivity (Wildman–Crippen MR) is 58.7 cm³/mol. The highest BCUT2D eigenvalue weighted by Gasteiger charge is 2.19. The largest absolute Gasteiger partial charge is 0.481 e. The van der Waals surface area contributed by atoms with Crippen molar-refractivity contribution in [3.05, 3.63) is 12.2 Å². The average molecular weight is 212 g/mol. The van der Waals surface area contributed by atoms with Gasteiger partial charge in [-0.05, 0) is 31.6 Å². The number of carboxylic acids is 1. The Balaban J connectivity index is 2.24. The fourth-order valence-electron chi connectivity index (χ4n) is 1.83. The van der Waals surface area contributed by atoms with Crippen molar-refractivity contribution in [1.82, 2.24) is 0 Å². The molecule has 0 radical (unpaired) electrons. The van der Waals surface area contributed by atoms with E-state index in [9.17, 15) is 4.79 Å². The molecule has 86 valence electrons. The molecule has 3 atom stereocenters. The van der Waals surface area contributed by atoms with Gasteiger partial charge in [0.15, 0.2) is 0 Å². The maximum Gasteiger partial charge on any atom is 0.305 e. The van der Waals surface area contributed by atoms with Gasteiger partial charge in [0, 0.05) is 0 Å². The minimum atomic E-state index is -0.793. The highest BCUT2D eigenvalue weighted by Crippen LogP contribution is 2.25. The summed E-state index contributed by atoms with van der Waals surface area (Å²) in [6.07, 6.45) is 6.48. The van der Waals surface area contributed by atoms with Crippen molar-refractivity contribution in [3.63, 3.8) is 0 Å². The first-order chi connectivity index (χ1) is 7.09. The maximum atomic E-state index is 10.4. The quantitative estimate of drug-likeness (QED) is 0.712. The van der Waals surface area contributed by atoms with E-state index in [-0.39, 0.29) is 12.5 Å². The molecule has 0 aromatic rings. The van der Waals surface area contributed by atoms with Crippen molar-refractivity contribution >= 4 is 5.97 Å².